The Morgan fingerprint density at radius 3 is 3.10 bits per heavy atom. The van der Waals surface area contributed by atoms with Gasteiger partial charge in [-0.15, -0.1) is 0 Å². The molecule has 2 aromatic heterocycles. The summed E-state index contributed by atoms with van der Waals surface area (Å²) in [5, 5.41) is 3.80. The lowest BCUT2D eigenvalue weighted by Gasteiger charge is -2.27. The van der Waals surface area contributed by atoms with Gasteiger partial charge in [-0.25, -0.2) is 4.98 Å². The molecule has 0 aliphatic heterocycles. The first-order valence-corrected chi connectivity index (χ1v) is 7.90. The maximum absolute atomic E-state index is 12.1. The molecule has 4 nitrogen and oxygen atoms in total. The number of rotatable bonds is 3. The normalized spacial score (nSPS) is 22.4. The maximum Gasteiger partial charge on any atom is 0.226 e. The summed E-state index contributed by atoms with van der Waals surface area (Å²) in [5.74, 6) is 0.769. The average molecular weight is 306 g/mol. The van der Waals surface area contributed by atoms with Gasteiger partial charge in [0.1, 0.15) is 5.65 Å². The van der Waals surface area contributed by atoms with Crippen molar-refractivity contribution in [3.8, 4) is 0 Å². The standard InChI is InChI=1S/C16H20ClN3O/c1-11-3-2-4-13(7-11)19-16(21)8-14-10-20-9-12(17)5-6-15(20)18-14/h5-6,9-11,13H,2-4,7-8H2,1H3,(H,19,21). The molecule has 112 valence electrons. The Balaban J connectivity index is 1.63. The van der Waals surface area contributed by atoms with Gasteiger partial charge in [0.2, 0.25) is 5.91 Å². The second-order valence-corrected chi connectivity index (χ2v) is 6.49. The monoisotopic (exact) mass is 305 g/mol. The molecule has 3 rings (SSSR count). The number of aromatic nitrogens is 2. The molecule has 1 fully saturated rings. The van der Waals surface area contributed by atoms with Crippen molar-refractivity contribution in [3.63, 3.8) is 0 Å². The van der Waals surface area contributed by atoms with Crippen LogP contribution in [0.5, 0.6) is 0 Å². The highest BCUT2D eigenvalue weighted by molar-refractivity contribution is 6.30. The number of fused-ring (bicyclic) bond motifs is 1. The number of nitrogens with one attached hydrogen (secondary N) is 1. The van der Waals surface area contributed by atoms with Crippen LogP contribution in [0.4, 0.5) is 0 Å². The number of halogens is 1. The molecule has 2 heterocycles. The van der Waals surface area contributed by atoms with Crippen molar-refractivity contribution < 1.29 is 4.79 Å². The van der Waals surface area contributed by atoms with Gasteiger partial charge < -0.3 is 9.72 Å². The van der Waals surface area contributed by atoms with E-state index in [0.717, 1.165) is 24.2 Å². The number of hydrogen-bond donors (Lipinski definition) is 1. The molecule has 0 aromatic carbocycles. The van der Waals surface area contributed by atoms with E-state index in [1.807, 2.05) is 16.7 Å². The fourth-order valence-corrected chi connectivity index (χ4v) is 3.28. The first-order chi connectivity index (χ1) is 10.1. The second kappa shape index (κ2) is 6.06. The lowest BCUT2D eigenvalue weighted by atomic mass is 9.87. The van der Waals surface area contributed by atoms with Crippen LogP contribution < -0.4 is 5.32 Å². The molecule has 5 heteroatoms. The Hall–Kier alpha value is -1.55. The van der Waals surface area contributed by atoms with Gasteiger partial charge in [-0.05, 0) is 30.9 Å². The third kappa shape index (κ3) is 3.56. The highest BCUT2D eigenvalue weighted by Gasteiger charge is 2.20. The molecule has 0 saturated heterocycles. The average Bonchev–Trinajstić information content (AvgIpc) is 2.79. The molecule has 1 amide bonds. The maximum atomic E-state index is 12.1. The number of hydrogen-bond acceptors (Lipinski definition) is 2. The van der Waals surface area contributed by atoms with Crippen molar-refractivity contribution in [2.45, 2.75) is 45.1 Å². The Morgan fingerprint density at radius 1 is 1.43 bits per heavy atom. The number of carbonyl (C=O) groups is 1. The summed E-state index contributed by atoms with van der Waals surface area (Å²) >= 11 is 5.95. The third-order valence-electron chi connectivity index (χ3n) is 4.11. The molecule has 0 spiro atoms. The SMILES string of the molecule is CC1CCCC(NC(=O)Cc2cn3cc(Cl)ccc3n2)C1. The van der Waals surface area contributed by atoms with Crippen LogP contribution in [0.2, 0.25) is 5.02 Å². The van der Waals surface area contributed by atoms with E-state index in [1.54, 1.807) is 12.3 Å². The Bertz CT molecular complexity index is 652. The highest BCUT2D eigenvalue weighted by atomic mass is 35.5. The minimum absolute atomic E-state index is 0.0589. The predicted molar refractivity (Wildman–Crippen MR) is 83.5 cm³/mol. The van der Waals surface area contributed by atoms with E-state index < -0.39 is 0 Å². The van der Waals surface area contributed by atoms with E-state index in [0.29, 0.717) is 23.4 Å². The van der Waals surface area contributed by atoms with E-state index >= 15 is 0 Å². The van der Waals surface area contributed by atoms with Gasteiger partial charge in [0.15, 0.2) is 0 Å². The van der Waals surface area contributed by atoms with E-state index in [9.17, 15) is 4.79 Å². The molecule has 1 N–H and O–H groups in total. The topological polar surface area (TPSA) is 46.4 Å². The largest absolute Gasteiger partial charge is 0.353 e. The van der Waals surface area contributed by atoms with Crippen molar-refractivity contribution >= 4 is 23.2 Å². The van der Waals surface area contributed by atoms with Crippen LogP contribution in [0.3, 0.4) is 0 Å². The number of amides is 1. The molecule has 1 aliphatic carbocycles. The highest BCUT2D eigenvalue weighted by Crippen LogP contribution is 2.23. The number of pyridine rings is 1. The molecule has 2 unspecified atom stereocenters. The smallest absolute Gasteiger partial charge is 0.226 e. The first kappa shape index (κ1) is 14.4. The van der Waals surface area contributed by atoms with Crippen LogP contribution in [-0.2, 0) is 11.2 Å². The number of nitrogens with zero attached hydrogens (tertiary/aromatic N) is 2. The van der Waals surface area contributed by atoms with Crippen LogP contribution in [0.1, 0.15) is 38.3 Å². The molecule has 21 heavy (non-hydrogen) atoms. The summed E-state index contributed by atoms with van der Waals surface area (Å²) in [6, 6.07) is 3.98. The summed E-state index contributed by atoms with van der Waals surface area (Å²) < 4.78 is 1.85. The van der Waals surface area contributed by atoms with Gasteiger partial charge in [-0.1, -0.05) is 31.4 Å². The van der Waals surface area contributed by atoms with Crippen molar-refractivity contribution in [2.24, 2.45) is 5.92 Å². The van der Waals surface area contributed by atoms with Crippen LogP contribution in [-0.4, -0.2) is 21.3 Å². The zero-order valence-corrected chi connectivity index (χ0v) is 12.9. The zero-order chi connectivity index (χ0) is 14.8. The van der Waals surface area contributed by atoms with Gasteiger partial charge in [0, 0.05) is 18.4 Å². The molecular formula is C16H20ClN3O. The van der Waals surface area contributed by atoms with Crippen molar-refractivity contribution in [3.05, 3.63) is 35.2 Å². The van der Waals surface area contributed by atoms with E-state index in [4.69, 9.17) is 11.6 Å². The quantitative estimate of drug-likeness (QED) is 0.946. The van der Waals surface area contributed by atoms with E-state index in [1.165, 1.54) is 12.8 Å². The first-order valence-electron chi connectivity index (χ1n) is 7.52. The molecule has 1 saturated carbocycles. The lowest BCUT2D eigenvalue weighted by Crippen LogP contribution is -2.38. The number of imidazole rings is 1. The van der Waals surface area contributed by atoms with E-state index in [-0.39, 0.29) is 5.91 Å². The van der Waals surface area contributed by atoms with Crippen LogP contribution in [0.15, 0.2) is 24.5 Å². The zero-order valence-electron chi connectivity index (χ0n) is 12.2. The van der Waals surface area contributed by atoms with Gasteiger partial charge in [-0.2, -0.15) is 0 Å². The Morgan fingerprint density at radius 2 is 2.29 bits per heavy atom. The van der Waals surface area contributed by atoms with Crippen LogP contribution >= 0.6 is 11.6 Å². The minimum Gasteiger partial charge on any atom is -0.353 e. The van der Waals surface area contributed by atoms with Crippen molar-refractivity contribution in [1.29, 1.82) is 0 Å². The van der Waals surface area contributed by atoms with Crippen molar-refractivity contribution in [1.82, 2.24) is 14.7 Å². The van der Waals surface area contributed by atoms with Crippen molar-refractivity contribution in [2.75, 3.05) is 0 Å². The molecule has 0 bridgehead atoms. The fraction of sp³-hybridized carbons (Fsp3) is 0.500. The lowest BCUT2D eigenvalue weighted by molar-refractivity contribution is -0.121. The molecular weight excluding hydrogens is 286 g/mol. The molecule has 0 radical (unpaired) electrons. The minimum atomic E-state index is 0.0589. The van der Waals surface area contributed by atoms with Crippen LogP contribution in [0.25, 0.3) is 5.65 Å². The Labute approximate surface area is 129 Å². The molecule has 1 aliphatic rings. The molecule has 2 atom stereocenters. The summed E-state index contributed by atoms with van der Waals surface area (Å²) in [7, 11) is 0. The fourth-order valence-electron chi connectivity index (χ4n) is 3.11. The van der Waals surface area contributed by atoms with Gasteiger partial charge in [-0.3, -0.25) is 4.79 Å². The summed E-state index contributed by atoms with van der Waals surface area (Å²) in [4.78, 5) is 16.6. The van der Waals surface area contributed by atoms with Gasteiger partial charge in [0.25, 0.3) is 0 Å². The summed E-state index contributed by atoms with van der Waals surface area (Å²) in [5.41, 5.74) is 1.59. The van der Waals surface area contributed by atoms with Gasteiger partial charge >= 0.3 is 0 Å². The van der Waals surface area contributed by atoms with Gasteiger partial charge in [0.05, 0.1) is 17.1 Å². The summed E-state index contributed by atoms with van der Waals surface area (Å²) in [6.07, 6.45) is 8.66. The van der Waals surface area contributed by atoms with E-state index in [2.05, 4.69) is 17.2 Å². The van der Waals surface area contributed by atoms with Crippen LogP contribution in [0, 0.1) is 5.92 Å². The second-order valence-electron chi connectivity index (χ2n) is 6.06. The molecule has 2 aromatic rings. The third-order valence-corrected chi connectivity index (χ3v) is 4.33. The number of carbonyl (C=O) groups excluding carboxylic acids is 1. The Kier molecular flexibility index (Phi) is 4.15. The predicted octanol–water partition coefficient (Wildman–Crippen LogP) is 3.23. The summed E-state index contributed by atoms with van der Waals surface area (Å²) in [6.45, 7) is 2.25.